The minimum Gasteiger partial charge on any atom is -0.325 e. The van der Waals surface area contributed by atoms with E-state index in [0.29, 0.717) is 39.3 Å². The number of nitrogens with one attached hydrogen (secondary N) is 1. The number of hydrogen-bond donors (Lipinski definition) is 1. The Morgan fingerprint density at radius 3 is 2.20 bits per heavy atom. The van der Waals surface area contributed by atoms with Crippen molar-refractivity contribution in [2.45, 2.75) is 26.8 Å². The number of para-hydroxylation sites is 1. The molecule has 2 rings (SSSR count). The van der Waals surface area contributed by atoms with E-state index in [2.05, 4.69) is 5.32 Å². The Morgan fingerprint density at radius 1 is 1.12 bits per heavy atom. The van der Waals surface area contributed by atoms with E-state index in [1.807, 2.05) is 56.0 Å². The SMILES string of the molecule is CCN(CC)S(=O)(=O)N1CCN([C@H](C)C(=O)Nc2ccccc2)CC1. The molecule has 1 aliphatic heterocycles. The van der Waals surface area contributed by atoms with Gasteiger partial charge < -0.3 is 5.32 Å². The van der Waals surface area contributed by atoms with Crippen LogP contribution in [-0.4, -0.2) is 73.1 Å². The van der Waals surface area contributed by atoms with Gasteiger partial charge in [0.25, 0.3) is 10.2 Å². The van der Waals surface area contributed by atoms with Gasteiger partial charge in [-0.1, -0.05) is 32.0 Å². The molecular formula is C17H28N4O3S. The van der Waals surface area contributed by atoms with Crippen molar-refractivity contribution in [1.29, 1.82) is 0 Å². The van der Waals surface area contributed by atoms with E-state index in [9.17, 15) is 13.2 Å². The molecule has 1 aromatic rings. The second-order valence-corrected chi connectivity index (χ2v) is 7.99. The van der Waals surface area contributed by atoms with Gasteiger partial charge in [-0.2, -0.15) is 17.0 Å². The van der Waals surface area contributed by atoms with E-state index in [1.54, 1.807) is 0 Å². The molecule has 0 spiro atoms. The quantitative estimate of drug-likeness (QED) is 0.785. The van der Waals surface area contributed by atoms with Gasteiger partial charge in [-0.3, -0.25) is 9.69 Å². The van der Waals surface area contributed by atoms with Crippen molar-refractivity contribution < 1.29 is 13.2 Å². The van der Waals surface area contributed by atoms with Crippen LogP contribution in [0.2, 0.25) is 0 Å². The smallest absolute Gasteiger partial charge is 0.282 e. The summed E-state index contributed by atoms with van der Waals surface area (Å²) in [6.07, 6.45) is 0. The topological polar surface area (TPSA) is 73.0 Å². The number of amides is 1. The molecule has 0 unspecified atom stereocenters. The van der Waals surface area contributed by atoms with Crippen molar-refractivity contribution in [3.05, 3.63) is 30.3 Å². The van der Waals surface area contributed by atoms with Gasteiger partial charge in [0, 0.05) is 45.0 Å². The first-order chi connectivity index (χ1) is 11.9. The molecule has 0 saturated carbocycles. The minimum atomic E-state index is -3.40. The van der Waals surface area contributed by atoms with E-state index in [0.717, 1.165) is 5.69 Å². The number of nitrogens with zero attached hydrogens (tertiary/aromatic N) is 3. The van der Waals surface area contributed by atoms with Crippen molar-refractivity contribution in [2.75, 3.05) is 44.6 Å². The summed E-state index contributed by atoms with van der Waals surface area (Å²) in [4.78, 5) is 14.4. The largest absolute Gasteiger partial charge is 0.325 e. The van der Waals surface area contributed by atoms with E-state index in [4.69, 9.17) is 0 Å². The number of carbonyl (C=O) groups excluding carboxylic acids is 1. The molecule has 1 fully saturated rings. The van der Waals surface area contributed by atoms with Crippen LogP contribution in [0.15, 0.2) is 30.3 Å². The van der Waals surface area contributed by atoms with E-state index in [-0.39, 0.29) is 11.9 Å². The number of benzene rings is 1. The van der Waals surface area contributed by atoms with Gasteiger partial charge in [-0.25, -0.2) is 0 Å². The van der Waals surface area contributed by atoms with Gasteiger partial charge in [-0.05, 0) is 19.1 Å². The maximum atomic E-state index is 12.6. The Bertz CT molecular complexity index is 654. The van der Waals surface area contributed by atoms with Crippen LogP contribution in [-0.2, 0) is 15.0 Å². The highest BCUT2D eigenvalue weighted by atomic mass is 32.2. The third-order valence-corrected chi connectivity index (χ3v) is 6.79. The zero-order valence-corrected chi connectivity index (χ0v) is 16.0. The predicted molar refractivity (Wildman–Crippen MR) is 99.5 cm³/mol. The molecular weight excluding hydrogens is 340 g/mol. The molecule has 0 aliphatic carbocycles. The van der Waals surface area contributed by atoms with Crippen molar-refractivity contribution in [3.8, 4) is 0 Å². The maximum absolute atomic E-state index is 12.6. The number of hydrogen-bond acceptors (Lipinski definition) is 4. The van der Waals surface area contributed by atoms with Crippen LogP contribution >= 0.6 is 0 Å². The third-order valence-electron chi connectivity index (χ3n) is 4.60. The average molecular weight is 369 g/mol. The molecule has 1 N–H and O–H groups in total. The molecule has 0 aromatic heterocycles. The second-order valence-electron chi connectivity index (χ2n) is 6.06. The molecule has 1 heterocycles. The van der Waals surface area contributed by atoms with Crippen molar-refractivity contribution >= 4 is 21.8 Å². The van der Waals surface area contributed by atoms with Gasteiger partial charge in [0.2, 0.25) is 5.91 Å². The summed E-state index contributed by atoms with van der Waals surface area (Å²) in [7, 11) is -3.40. The van der Waals surface area contributed by atoms with Gasteiger partial charge >= 0.3 is 0 Å². The first-order valence-electron chi connectivity index (χ1n) is 8.75. The monoisotopic (exact) mass is 368 g/mol. The van der Waals surface area contributed by atoms with Crippen LogP contribution in [0.5, 0.6) is 0 Å². The van der Waals surface area contributed by atoms with E-state index in [1.165, 1.54) is 8.61 Å². The molecule has 25 heavy (non-hydrogen) atoms. The molecule has 0 bridgehead atoms. The highest BCUT2D eigenvalue weighted by Crippen LogP contribution is 2.15. The van der Waals surface area contributed by atoms with Crippen molar-refractivity contribution in [2.24, 2.45) is 0 Å². The number of rotatable bonds is 7. The predicted octanol–water partition coefficient (Wildman–Crippen LogP) is 1.22. The second kappa shape index (κ2) is 8.75. The molecule has 8 heteroatoms. The summed E-state index contributed by atoms with van der Waals surface area (Å²) in [5, 5.41) is 2.90. The molecule has 1 amide bonds. The number of piperazine rings is 1. The molecule has 7 nitrogen and oxygen atoms in total. The summed E-state index contributed by atoms with van der Waals surface area (Å²) in [6.45, 7) is 8.37. The fourth-order valence-electron chi connectivity index (χ4n) is 2.97. The lowest BCUT2D eigenvalue weighted by Crippen LogP contribution is -2.56. The summed E-state index contributed by atoms with van der Waals surface area (Å²) in [5.41, 5.74) is 0.766. The lowest BCUT2D eigenvalue weighted by Gasteiger charge is -2.38. The van der Waals surface area contributed by atoms with Crippen LogP contribution in [0.3, 0.4) is 0 Å². The summed E-state index contributed by atoms with van der Waals surface area (Å²) in [5.74, 6) is -0.0775. The minimum absolute atomic E-state index is 0.0775. The molecule has 140 valence electrons. The van der Waals surface area contributed by atoms with Crippen LogP contribution in [0.1, 0.15) is 20.8 Å². The van der Waals surface area contributed by atoms with Gasteiger partial charge in [0.1, 0.15) is 0 Å². The Balaban J connectivity index is 1.92. The highest BCUT2D eigenvalue weighted by molar-refractivity contribution is 7.86. The Hall–Kier alpha value is -1.48. The Kier molecular flexibility index (Phi) is 6.95. The molecule has 1 saturated heterocycles. The summed E-state index contributed by atoms with van der Waals surface area (Å²) >= 11 is 0. The first-order valence-corrected chi connectivity index (χ1v) is 10.1. The first kappa shape index (κ1) is 19.8. The van der Waals surface area contributed by atoms with Gasteiger partial charge in [0.05, 0.1) is 6.04 Å². The normalized spacial score (nSPS) is 18.2. The van der Waals surface area contributed by atoms with E-state index >= 15 is 0 Å². The molecule has 1 aromatic carbocycles. The van der Waals surface area contributed by atoms with Crippen molar-refractivity contribution in [1.82, 2.24) is 13.5 Å². The number of carbonyl (C=O) groups is 1. The lowest BCUT2D eigenvalue weighted by molar-refractivity contribution is -0.121. The Morgan fingerprint density at radius 2 is 1.68 bits per heavy atom. The number of anilines is 1. The fraction of sp³-hybridized carbons (Fsp3) is 0.588. The van der Waals surface area contributed by atoms with Crippen molar-refractivity contribution in [3.63, 3.8) is 0 Å². The molecule has 1 aliphatic rings. The Labute approximate surface area is 150 Å². The zero-order chi connectivity index (χ0) is 18.4. The highest BCUT2D eigenvalue weighted by Gasteiger charge is 2.33. The van der Waals surface area contributed by atoms with Crippen LogP contribution in [0.4, 0.5) is 5.69 Å². The van der Waals surface area contributed by atoms with Gasteiger partial charge in [0.15, 0.2) is 0 Å². The zero-order valence-electron chi connectivity index (χ0n) is 15.2. The maximum Gasteiger partial charge on any atom is 0.282 e. The van der Waals surface area contributed by atoms with Crippen LogP contribution in [0.25, 0.3) is 0 Å². The molecule has 1 atom stereocenters. The van der Waals surface area contributed by atoms with E-state index < -0.39 is 10.2 Å². The standard InChI is InChI=1S/C17H28N4O3S/c1-4-20(5-2)25(23,24)21-13-11-19(12-14-21)15(3)17(22)18-16-9-7-6-8-10-16/h6-10,15H,4-5,11-14H2,1-3H3,(H,18,22)/t15-/m1/s1. The molecule has 0 radical (unpaired) electrons. The van der Waals surface area contributed by atoms with Crippen LogP contribution < -0.4 is 5.32 Å². The lowest BCUT2D eigenvalue weighted by atomic mass is 10.2. The van der Waals surface area contributed by atoms with Gasteiger partial charge in [-0.15, -0.1) is 0 Å². The fourth-order valence-corrected chi connectivity index (χ4v) is 4.57. The third kappa shape index (κ3) is 4.78. The summed E-state index contributed by atoms with van der Waals surface area (Å²) < 4.78 is 28.1. The summed E-state index contributed by atoms with van der Waals surface area (Å²) in [6, 6.07) is 9.03. The average Bonchev–Trinajstić information content (AvgIpc) is 2.63. The van der Waals surface area contributed by atoms with Crippen LogP contribution in [0, 0.1) is 0 Å².